The van der Waals surface area contributed by atoms with Gasteiger partial charge in [0.05, 0.1) is 6.42 Å². The van der Waals surface area contributed by atoms with E-state index in [1.165, 1.54) is 18.9 Å². The standard InChI is InChI=1S/C18H19BrFN3O/c19-15-4-3-14(16(20)11-15)10-18(24)22-17-9-13(5-6-21-17)12-23-7-1-2-8-23/h3-6,9,11H,1-2,7-8,10,12H2,(H,21,22,24). The molecular weight excluding hydrogens is 373 g/mol. The highest BCUT2D eigenvalue weighted by atomic mass is 79.9. The quantitative estimate of drug-likeness (QED) is 0.843. The third-order valence-corrected chi connectivity index (χ3v) is 4.56. The summed E-state index contributed by atoms with van der Waals surface area (Å²) in [4.78, 5) is 18.7. The first kappa shape index (κ1) is 17.0. The summed E-state index contributed by atoms with van der Waals surface area (Å²) in [6.45, 7) is 3.10. The minimum absolute atomic E-state index is 0.0167. The lowest BCUT2D eigenvalue weighted by Crippen LogP contribution is -2.19. The zero-order valence-corrected chi connectivity index (χ0v) is 14.9. The van der Waals surface area contributed by atoms with Crippen LogP contribution in [0.3, 0.4) is 0 Å². The molecule has 0 aliphatic carbocycles. The van der Waals surface area contributed by atoms with Crippen molar-refractivity contribution in [3.05, 3.63) is 57.9 Å². The number of nitrogens with one attached hydrogen (secondary N) is 1. The number of carbonyl (C=O) groups excluding carboxylic acids is 1. The Balaban J connectivity index is 1.61. The number of likely N-dealkylation sites (tertiary alicyclic amines) is 1. The van der Waals surface area contributed by atoms with E-state index in [0.29, 0.717) is 15.9 Å². The molecule has 3 rings (SSSR count). The van der Waals surface area contributed by atoms with Crippen molar-refractivity contribution >= 4 is 27.7 Å². The monoisotopic (exact) mass is 391 g/mol. The van der Waals surface area contributed by atoms with Gasteiger partial charge >= 0.3 is 0 Å². The molecule has 1 aromatic heterocycles. The number of hydrogen-bond acceptors (Lipinski definition) is 3. The molecule has 2 heterocycles. The van der Waals surface area contributed by atoms with Crippen LogP contribution in [-0.4, -0.2) is 28.9 Å². The van der Waals surface area contributed by atoms with E-state index in [0.717, 1.165) is 25.2 Å². The van der Waals surface area contributed by atoms with Crippen LogP contribution in [0, 0.1) is 5.82 Å². The van der Waals surface area contributed by atoms with E-state index in [1.54, 1.807) is 18.3 Å². The predicted molar refractivity (Wildman–Crippen MR) is 95.2 cm³/mol. The molecule has 0 spiro atoms. The zero-order valence-electron chi connectivity index (χ0n) is 13.3. The van der Waals surface area contributed by atoms with Crippen LogP contribution in [0.4, 0.5) is 10.2 Å². The average molecular weight is 392 g/mol. The van der Waals surface area contributed by atoms with Crippen molar-refractivity contribution in [3.63, 3.8) is 0 Å². The Morgan fingerprint density at radius 1 is 1.25 bits per heavy atom. The third-order valence-electron chi connectivity index (χ3n) is 4.06. The first-order valence-corrected chi connectivity index (χ1v) is 8.80. The van der Waals surface area contributed by atoms with Crippen LogP contribution in [0.2, 0.25) is 0 Å². The molecule has 0 atom stereocenters. The zero-order chi connectivity index (χ0) is 16.9. The van der Waals surface area contributed by atoms with Crippen LogP contribution >= 0.6 is 15.9 Å². The molecule has 1 aliphatic rings. The van der Waals surface area contributed by atoms with E-state index in [4.69, 9.17) is 0 Å². The summed E-state index contributed by atoms with van der Waals surface area (Å²) in [7, 11) is 0. The summed E-state index contributed by atoms with van der Waals surface area (Å²) < 4.78 is 14.5. The average Bonchev–Trinajstić information content (AvgIpc) is 3.03. The van der Waals surface area contributed by atoms with Gasteiger partial charge in [0.25, 0.3) is 0 Å². The van der Waals surface area contributed by atoms with Crippen LogP contribution < -0.4 is 5.32 Å². The first-order valence-electron chi connectivity index (χ1n) is 8.01. The number of hydrogen-bond donors (Lipinski definition) is 1. The number of aromatic nitrogens is 1. The van der Waals surface area contributed by atoms with Gasteiger partial charge in [-0.15, -0.1) is 0 Å². The SMILES string of the molecule is O=C(Cc1ccc(Br)cc1F)Nc1cc(CN2CCCC2)ccn1. The van der Waals surface area contributed by atoms with Gasteiger partial charge in [-0.3, -0.25) is 9.69 Å². The lowest BCUT2D eigenvalue weighted by Gasteiger charge is -2.15. The maximum atomic E-state index is 13.8. The fourth-order valence-electron chi connectivity index (χ4n) is 2.87. The second kappa shape index (κ2) is 7.85. The molecule has 1 aliphatic heterocycles. The largest absolute Gasteiger partial charge is 0.310 e. The Morgan fingerprint density at radius 3 is 2.79 bits per heavy atom. The Labute approximate surface area is 149 Å². The highest BCUT2D eigenvalue weighted by Crippen LogP contribution is 2.17. The van der Waals surface area contributed by atoms with Crippen LogP contribution in [0.15, 0.2) is 41.0 Å². The van der Waals surface area contributed by atoms with E-state index in [-0.39, 0.29) is 12.3 Å². The molecule has 6 heteroatoms. The summed E-state index contributed by atoms with van der Waals surface area (Å²) >= 11 is 3.21. The van der Waals surface area contributed by atoms with Gasteiger partial charge in [0, 0.05) is 17.2 Å². The van der Waals surface area contributed by atoms with Crippen molar-refractivity contribution in [1.82, 2.24) is 9.88 Å². The van der Waals surface area contributed by atoms with Crippen LogP contribution in [0.1, 0.15) is 24.0 Å². The van der Waals surface area contributed by atoms with Gasteiger partial charge in [-0.2, -0.15) is 0 Å². The number of nitrogens with zero attached hydrogens (tertiary/aromatic N) is 2. The smallest absolute Gasteiger partial charge is 0.230 e. The van der Waals surface area contributed by atoms with Gasteiger partial charge in [-0.25, -0.2) is 9.37 Å². The number of rotatable bonds is 5. The third kappa shape index (κ3) is 4.61. The molecule has 24 heavy (non-hydrogen) atoms. The van der Waals surface area contributed by atoms with Crippen molar-refractivity contribution in [2.45, 2.75) is 25.8 Å². The van der Waals surface area contributed by atoms with E-state index in [2.05, 4.69) is 31.1 Å². The van der Waals surface area contributed by atoms with Gasteiger partial charge in [0.1, 0.15) is 11.6 Å². The molecule has 1 fully saturated rings. The number of halogens is 2. The van der Waals surface area contributed by atoms with E-state index < -0.39 is 5.82 Å². The van der Waals surface area contributed by atoms with Crippen molar-refractivity contribution in [1.29, 1.82) is 0 Å². The van der Waals surface area contributed by atoms with E-state index in [1.807, 2.05) is 12.1 Å². The molecule has 4 nitrogen and oxygen atoms in total. The van der Waals surface area contributed by atoms with Gasteiger partial charge < -0.3 is 5.32 Å². The number of pyridine rings is 1. The summed E-state index contributed by atoms with van der Waals surface area (Å²) in [5, 5.41) is 2.75. The normalized spacial score (nSPS) is 14.8. The van der Waals surface area contributed by atoms with Crippen LogP contribution in [0.25, 0.3) is 0 Å². The molecule has 1 amide bonds. The number of carbonyl (C=O) groups is 1. The highest BCUT2D eigenvalue weighted by Gasteiger charge is 2.13. The molecular formula is C18H19BrFN3O. The second-order valence-electron chi connectivity index (χ2n) is 5.99. The van der Waals surface area contributed by atoms with Crippen molar-refractivity contribution in [2.75, 3.05) is 18.4 Å². The maximum Gasteiger partial charge on any atom is 0.230 e. The summed E-state index contributed by atoms with van der Waals surface area (Å²) in [5.74, 6) is -0.161. The van der Waals surface area contributed by atoms with Gasteiger partial charge in [-0.05, 0) is 61.3 Å². The Morgan fingerprint density at radius 2 is 2.04 bits per heavy atom. The number of anilines is 1. The molecule has 1 aromatic carbocycles. The minimum atomic E-state index is -0.393. The Hall–Kier alpha value is -1.79. The minimum Gasteiger partial charge on any atom is -0.310 e. The molecule has 1 N–H and O–H groups in total. The summed E-state index contributed by atoms with van der Waals surface area (Å²) in [6, 6.07) is 8.53. The second-order valence-corrected chi connectivity index (χ2v) is 6.91. The lowest BCUT2D eigenvalue weighted by atomic mass is 10.1. The number of benzene rings is 1. The molecule has 2 aromatic rings. The number of amides is 1. The van der Waals surface area contributed by atoms with Gasteiger partial charge in [0.2, 0.25) is 5.91 Å². The molecule has 0 unspecified atom stereocenters. The molecule has 1 saturated heterocycles. The molecule has 0 bridgehead atoms. The predicted octanol–water partition coefficient (Wildman–Crippen LogP) is 3.76. The molecule has 0 radical (unpaired) electrons. The highest BCUT2D eigenvalue weighted by molar-refractivity contribution is 9.10. The Kier molecular flexibility index (Phi) is 5.58. The lowest BCUT2D eigenvalue weighted by molar-refractivity contribution is -0.115. The van der Waals surface area contributed by atoms with Crippen LogP contribution in [-0.2, 0) is 17.8 Å². The van der Waals surface area contributed by atoms with Crippen LogP contribution in [0.5, 0.6) is 0 Å². The van der Waals surface area contributed by atoms with E-state index >= 15 is 0 Å². The van der Waals surface area contributed by atoms with Crippen molar-refractivity contribution in [2.24, 2.45) is 0 Å². The van der Waals surface area contributed by atoms with Crippen molar-refractivity contribution in [3.8, 4) is 0 Å². The van der Waals surface area contributed by atoms with Crippen molar-refractivity contribution < 1.29 is 9.18 Å². The topological polar surface area (TPSA) is 45.2 Å². The fourth-order valence-corrected chi connectivity index (χ4v) is 3.20. The summed E-state index contributed by atoms with van der Waals surface area (Å²) in [5.41, 5.74) is 1.49. The maximum absolute atomic E-state index is 13.8. The fraction of sp³-hybridized carbons (Fsp3) is 0.333. The Bertz CT molecular complexity index is 732. The molecule has 0 saturated carbocycles. The van der Waals surface area contributed by atoms with Gasteiger partial charge in [0.15, 0.2) is 0 Å². The van der Waals surface area contributed by atoms with Gasteiger partial charge in [-0.1, -0.05) is 22.0 Å². The summed E-state index contributed by atoms with van der Waals surface area (Å²) in [6.07, 6.45) is 4.17. The first-order chi connectivity index (χ1) is 11.6. The van der Waals surface area contributed by atoms with E-state index in [9.17, 15) is 9.18 Å². The molecule has 126 valence electrons.